The lowest BCUT2D eigenvalue weighted by atomic mass is 10.2. The zero-order chi connectivity index (χ0) is 11.7. The lowest BCUT2D eigenvalue weighted by molar-refractivity contribution is -0.137. The maximum atomic E-state index is 10.5. The first-order chi connectivity index (χ1) is 7.59. The molecule has 2 aromatic rings. The second-order valence-electron chi connectivity index (χ2n) is 3.59. The largest absolute Gasteiger partial charge is 0.481 e. The number of benzene rings is 1. The molecule has 0 bridgehead atoms. The number of aliphatic carboxylic acids is 1. The van der Waals surface area contributed by atoms with E-state index in [0.717, 1.165) is 16.6 Å². The third-order valence-corrected chi connectivity index (χ3v) is 2.83. The summed E-state index contributed by atoms with van der Waals surface area (Å²) in [7, 11) is 0. The summed E-state index contributed by atoms with van der Waals surface area (Å²) in [4.78, 5) is 10.5. The van der Waals surface area contributed by atoms with Crippen LogP contribution in [-0.2, 0) is 11.3 Å². The van der Waals surface area contributed by atoms with E-state index in [1.165, 1.54) is 0 Å². The van der Waals surface area contributed by atoms with Gasteiger partial charge in [-0.2, -0.15) is 5.10 Å². The van der Waals surface area contributed by atoms with Crippen molar-refractivity contribution in [2.75, 3.05) is 0 Å². The quantitative estimate of drug-likeness (QED) is 0.894. The highest BCUT2D eigenvalue weighted by molar-refractivity contribution is 6.35. The molecule has 4 nitrogen and oxygen atoms in total. The highest BCUT2D eigenvalue weighted by Crippen LogP contribution is 2.24. The Labute approximate surface area is 97.4 Å². The Morgan fingerprint density at radius 2 is 2.31 bits per heavy atom. The first kappa shape index (κ1) is 11.0. The van der Waals surface area contributed by atoms with Gasteiger partial charge in [0.25, 0.3) is 0 Å². The molecule has 0 unspecified atom stereocenters. The van der Waals surface area contributed by atoms with Crippen molar-refractivity contribution in [3.05, 3.63) is 28.9 Å². The summed E-state index contributed by atoms with van der Waals surface area (Å²) in [6.07, 6.45) is 0.0620. The molecule has 84 valence electrons. The number of fused-ring (bicyclic) bond motifs is 1. The van der Waals surface area contributed by atoms with E-state index in [0.29, 0.717) is 11.6 Å². The zero-order valence-corrected chi connectivity index (χ0v) is 9.53. The van der Waals surface area contributed by atoms with Gasteiger partial charge in [-0.25, -0.2) is 0 Å². The molecule has 0 aliphatic heterocycles. The standard InChI is InChI=1S/C11H11ClN2O2/c1-7-8-3-2-4-9(12)11(8)13-14(7)6-5-10(15)16/h2-4H,5-6H2,1H3,(H,15,16). The number of carbonyl (C=O) groups is 1. The topological polar surface area (TPSA) is 55.1 Å². The van der Waals surface area contributed by atoms with E-state index in [-0.39, 0.29) is 6.42 Å². The molecule has 16 heavy (non-hydrogen) atoms. The van der Waals surface area contributed by atoms with Crippen molar-refractivity contribution in [3.63, 3.8) is 0 Å². The van der Waals surface area contributed by atoms with E-state index < -0.39 is 5.97 Å². The van der Waals surface area contributed by atoms with Gasteiger partial charge in [0.05, 0.1) is 18.0 Å². The fourth-order valence-corrected chi connectivity index (χ4v) is 1.88. The molecule has 0 saturated carbocycles. The lowest BCUT2D eigenvalue weighted by Crippen LogP contribution is -2.07. The molecule has 1 aromatic carbocycles. The fourth-order valence-electron chi connectivity index (χ4n) is 1.66. The third-order valence-electron chi connectivity index (χ3n) is 2.52. The van der Waals surface area contributed by atoms with E-state index in [9.17, 15) is 4.79 Å². The molecule has 0 fully saturated rings. The van der Waals surface area contributed by atoms with Crippen LogP contribution in [0, 0.1) is 6.92 Å². The van der Waals surface area contributed by atoms with Gasteiger partial charge in [-0.05, 0) is 13.0 Å². The molecule has 0 aliphatic carbocycles. The summed E-state index contributed by atoms with van der Waals surface area (Å²) in [6.45, 7) is 2.28. The van der Waals surface area contributed by atoms with Gasteiger partial charge < -0.3 is 5.11 Å². The monoisotopic (exact) mass is 238 g/mol. The highest BCUT2D eigenvalue weighted by atomic mass is 35.5. The molecule has 0 radical (unpaired) electrons. The maximum absolute atomic E-state index is 10.5. The number of hydrogen-bond acceptors (Lipinski definition) is 2. The van der Waals surface area contributed by atoms with Gasteiger partial charge in [-0.15, -0.1) is 0 Å². The number of carboxylic acid groups (broad SMARTS) is 1. The Hall–Kier alpha value is -1.55. The SMILES string of the molecule is Cc1c2cccc(Cl)c2nn1CCC(=O)O. The second kappa shape index (κ2) is 4.14. The molecule has 0 aliphatic rings. The van der Waals surface area contributed by atoms with Gasteiger partial charge in [0, 0.05) is 11.1 Å². The number of nitrogens with zero attached hydrogens (tertiary/aromatic N) is 2. The van der Waals surface area contributed by atoms with Crippen LogP contribution in [0.1, 0.15) is 12.1 Å². The van der Waals surface area contributed by atoms with E-state index in [1.54, 1.807) is 10.7 Å². The molecule has 0 atom stereocenters. The number of aryl methyl sites for hydroxylation is 2. The molecule has 1 aromatic heterocycles. The number of carboxylic acids is 1. The Kier molecular flexibility index (Phi) is 2.83. The summed E-state index contributed by atoms with van der Waals surface area (Å²) in [5.41, 5.74) is 1.67. The summed E-state index contributed by atoms with van der Waals surface area (Å²) < 4.78 is 1.69. The molecule has 2 rings (SSSR count). The maximum Gasteiger partial charge on any atom is 0.305 e. The lowest BCUT2D eigenvalue weighted by Gasteiger charge is -2.00. The summed E-state index contributed by atoms with van der Waals surface area (Å²) >= 11 is 6.01. The first-order valence-electron chi connectivity index (χ1n) is 4.93. The van der Waals surface area contributed by atoms with Crippen LogP contribution in [0.3, 0.4) is 0 Å². The van der Waals surface area contributed by atoms with Gasteiger partial charge in [0.1, 0.15) is 5.52 Å². The highest BCUT2D eigenvalue weighted by Gasteiger charge is 2.10. The summed E-state index contributed by atoms with van der Waals surface area (Å²) in [5.74, 6) is -0.829. The van der Waals surface area contributed by atoms with Crippen molar-refractivity contribution in [2.24, 2.45) is 0 Å². The van der Waals surface area contributed by atoms with Crippen molar-refractivity contribution in [1.82, 2.24) is 9.78 Å². The van der Waals surface area contributed by atoms with E-state index in [2.05, 4.69) is 5.10 Å². The van der Waals surface area contributed by atoms with Gasteiger partial charge in [0.15, 0.2) is 0 Å². The van der Waals surface area contributed by atoms with Crippen LogP contribution in [0.2, 0.25) is 5.02 Å². The van der Waals surface area contributed by atoms with E-state index in [1.807, 2.05) is 19.1 Å². The smallest absolute Gasteiger partial charge is 0.305 e. The van der Waals surface area contributed by atoms with Crippen LogP contribution in [-0.4, -0.2) is 20.9 Å². The van der Waals surface area contributed by atoms with Crippen molar-refractivity contribution in [1.29, 1.82) is 0 Å². The number of hydrogen-bond donors (Lipinski definition) is 1. The van der Waals surface area contributed by atoms with Gasteiger partial charge in [0.2, 0.25) is 0 Å². The van der Waals surface area contributed by atoms with E-state index >= 15 is 0 Å². The predicted octanol–water partition coefficient (Wildman–Crippen LogP) is 2.47. The molecular weight excluding hydrogens is 228 g/mol. The van der Waals surface area contributed by atoms with E-state index in [4.69, 9.17) is 16.7 Å². The molecule has 0 amide bonds. The number of aromatic nitrogens is 2. The molecule has 0 spiro atoms. The minimum atomic E-state index is -0.829. The van der Waals surface area contributed by atoms with Gasteiger partial charge >= 0.3 is 5.97 Å². The minimum Gasteiger partial charge on any atom is -0.481 e. The predicted molar refractivity (Wildman–Crippen MR) is 61.7 cm³/mol. The Morgan fingerprint density at radius 3 is 2.94 bits per heavy atom. The molecule has 5 heteroatoms. The first-order valence-corrected chi connectivity index (χ1v) is 5.31. The van der Waals surface area contributed by atoms with Crippen molar-refractivity contribution >= 4 is 28.5 Å². The normalized spacial score (nSPS) is 10.9. The van der Waals surface area contributed by atoms with Gasteiger partial charge in [-0.1, -0.05) is 23.7 Å². The summed E-state index contributed by atoms with van der Waals surface area (Å²) in [6, 6.07) is 5.57. The van der Waals surface area contributed by atoms with Crippen LogP contribution in [0.5, 0.6) is 0 Å². The molecule has 0 saturated heterocycles. The number of rotatable bonds is 3. The van der Waals surface area contributed by atoms with Crippen LogP contribution in [0.25, 0.3) is 10.9 Å². The molecule has 1 N–H and O–H groups in total. The number of halogens is 1. The average Bonchev–Trinajstić information content (AvgIpc) is 2.55. The minimum absolute atomic E-state index is 0.0620. The van der Waals surface area contributed by atoms with Crippen molar-refractivity contribution in [2.45, 2.75) is 19.9 Å². The summed E-state index contributed by atoms with van der Waals surface area (Å²) in [5, 5.41) is 14.5. The Bertz CT molecular complexity index is 548. The molecular formula is C11H11ClN2O2. The molecule has 1 heterocycles. The zero-order valence-electron chi connectivity index (χ0n) is 8.77. The Morgan fingerprint density at radius 1 is 1.56 bits per heavy atom. The second-order valence-corrected chi connectivity index (χ2v) is 4.00. The van der Waals surface area contributed by atoms with Gasteiger partial charge in [-0.3, -0.25) is 9.48 Å². The Balaban J connectivity index is 2.44. The van der Waals surface area contributed by atoms with Crippen molar-refractivity contribution in [3.8, 4) is 0 Å². The third kappa shape index (κ3) is 1.88. The van der Waals surface area contributed by atoms with Crippen LogP contribution in [0.4, 0.5) is 0 Å². The van der Waals surface area contributed by atoms with Crippen molar-refractivity contribution < 1.29 is 9.90 Å². The van der Waals surface area contributed by atoms with Crippen LogP contribution >= 0.6 is 11.6 Å². The fraction of sp³-hybridized carbons (Fsp3) is 0.273. The van der Waals surface area contributed by atoms with Crippen LogP contribution in [0.15, 0.2) is 18.2 Å². The van der Waals surface area contributed by atoms with Crippen LogP contribution < -0.4 is 0 Å². The average molecular weight is 239 g/mol.